The van der Waals surface area contributed by atoms with Gasteiger partial charge in [-0.25, -0.2) is 0 Å². The molecule has 0 atom stereocenters. The van der Waals surface area contributed by atoms with Crippen molar-refractivity contribution in [3.05, 3.63) is 0 Å². The minimum Gasteiger partial charge on any atom is -0.0776 e. The molecular formula is C40H160. The maximum atomic E-state index is 0. The zero-order valence-corrected chi connectivity index (χ0v) is 0. The standard InChI is InChI=1S/40CH4/h40*1H4. The normalized spacial score (nSPS) is 0. The monoisotopic (exact) mass is 641 g/mol. The average Bonchev–Trinajstić information content (AvgIpc) is 0. The Morgan fingerprint density at radius 3 is 0.0250 bits per heavy atom. The van der Waals surface area contributed by atoms with Gasteiger partial charge in [-0.05, 0) is 0 Å². The molecule has 0 fully saturated rings. The van der Waals surface area contributed by atoms with Crippen LogP contribution < -0.4 is 0 Å². The smallest absolute Gasteiger partial charge is 0.0776 e. The summed E-state index contributed by atoms with van der Waals surface area (Å²) in [6, 6.07) is 0. The summed E-state index contributed by atoms with van der Waals surface area (Å²) in [5.74, 6) is 0. The fourth-order valence-electron chi connectivity index (χ4n) is 0. The van der Waals surface area contributed by atoms with E-state index in [1.165, 1.54) is 0 Å². The Hall–Kier alpha value is 0. The summed E-state index contributed by atoms with van der Waals surface area (Å²) in [6.07, 6.45) is 0. The molecule has 0 rings (SSSR count). The van der Waals surface area contributed by atoms with E-state index in [4.69, 9.17) is 0 Å². The second-order valence-electron chi connectivity index (χ2n) is 0. The molecule has 0 aromatic heterocycles. The van der Waals surface area contributed by atoms with Crippen LogP contribution in [-0.4, -0.2) is 0 Å². The molecule has 0 saturated heterocycles. The maximum Gasteiger partial charge on any atom is -0.0776 e. The molecule has 0 aromatic rings. The Bertz CT molecular complexity index is 0. The van der Waals surface area contributed by atoms with Crippen LogP contribution in [0.1, 0.15) is 297 Å². The van der Waals surface area contributed by atoms with Crippen LogP contribution in [0.2, 0.25) is 0 Å². The molecule has 320 valence electrons. The first-order chi connectivity index (χ1) is 0. The van der Waals surface area contributed by atoms with Crippen LogP contribution in [0.5, 0.6) is 0 Å². The van der Waals surface area contributed by atoms with Gasteiger partial charge in [0.2, 0.25) is 0 Å². The molecule has 40 heavy (non-hydrogen) atoms. The van der Waals surface area contributed by atoms with Gasteiger partial charge in [0.15, 0.2) is 0 Å². The van der Waals surface area contributed by atoms with Crippen LogP contribution in [-0.2, 0) is 0 Å². The third-order valence-corrected chi connectivity index (χ3v) is 0. The molecule has 0 amide bonds. The van der Waals surface area contributed by atoms with Gasteiger partial charge in [-0.15, -0.1) is 0 Å². The first-order valence-electron chi connectivity index (χ1n) is 0. The van der Waals surface area contributed by atoms with Crippen molar-refractivity contribution < 1.29 is 0 Å². The fraction of sp³-hybridized carbons (Fsp3) is 1.00. The lowest BCUT2D eigenvalue weighted by atomic mass is 12.0. The molecule has 0 aliphatic rings. The van der Waals surface area contributed by atoms with Gasteiger partial charge in [0.1, 0.15) is 0 Å². The third-order valence-electron chi connectivity index (χ3n) is 0. The SMILES string of the molecule is C.C.C.C.C.C.C.C.C.C.C.C.C.C.C.C.C.C.C.C.C.C.C.C.C.C.C.C.C.C.C.C.C.C.C.C.C.C.C.C. The second kappa shape index (κ2) is 0. The van der Waals surface area contributed by atoms with Gasteiger partial charge in [0.05, 0.1) is 0 Å². The van der Waals surface area contributed by atoms with E-state index in [1.807, 2.05) is 0 Å². The van der Waals surface area contributed by atoms with Crippen LogP contribution in [0.4, 0.5) is 0 Å². The molecule has 0 saturated carbocycles. The van der Waals surface area contributed by atoms with Gasteiger partial charge in [-0.1, -0.05) is 297 Å². The van der Waals surface area contributed by atoms with Crippen LogP contribution in [0.15, 0.2) is 0 Å². The minimum absolute atomic E-state index is 0. The summed E-state index contributed by atoms with van der Waals surface area (Å²) in [5, 5.41) is 0. The zero-order chi connectivity index (χ0) is 0. The van der Waals surface area contributed by atoms with E-state index in [2.05, 4.69) is 0 Å². The molecule has 0 heterocycles. The lowest BCUT2D eigenvalue weighted by Crippen LogP contribution is 0.143. The van der Waals surface area contributed by atoms with Crippen LogP contribution in [0.25, 0.3) is 0 Å². The molecule has 0 spiro atoms. The Balaban J connectivity index is 0. The fourth-order valence-corrected chi connectivity index (χ4v) is 0. The molecule has 0 N–H and O–H groups in total. The van der Waals surface area contributed by atoms with E-state index in [-0.39, 0.29) is 297 Å². The summed E-state index contributed by atoms with van der Waals surface area (Å²) in [6.45, 7) is 0. The molecule has 0 bridgehead atoms. The lowest BCUT2D eigenvalue weighted by molar-refractivity contribution is 2.50. The highest BCUT2D eigenvalue weighted by atomic mass is 12.1. The van der Waals surface area contributed by atoms with E-state index in [1.54, 1.807) is 0 Å². The zero-order valence-electron chi connectivity index (χ0n) is 0. The largest absolute Gasteiger partial charge is 0.0776 e. The van der Waals surface area contributed by atoms with Crippen molar-refractivity contribution in [3.63, 3.8) is 0 Å². The first kappa shape index (κ1) is 0. The topological polar surface area (TPSA) is 0 Å². The van der Waals surface area contributed by atoms with Crippen molar-refractivity contribution in [2.45, 2.75) is 297 Å². The molecule has 0 aliphatic heterocycles. The minimum atomic E-state index is 0. The van der Waals surface area contributed by atoms with Gasteiger partial charge in [0.25, 0.3) is 0 Å². The van der Waals surface area contributed by atoms with Gasteiger partial charge < -0.3 is 0 Å². The van der Waals surface area contributed by atoms with Crippen LogP contribution in [0, 0.1) is 0 Å². The van der Waals surface area contributed by atoms with Crippen LogP contribution >= 0.6 is 0 Å². The lowest BCUT2D eigenvalue weighted by Gasteiger charge is -0.0786. The number of rotatable bonds is 0. The highest BCUT2D eigenvalue weighted by Crippen LogP contribution is 0.183. The Morgan fingerprint density at radius 2 is 0.0250 bits per heavy atom. The van der Waals surface area contributed by atoms with Crippen LogP contribution in [0.3, 0.4) is 0 Å². The third kappa shape index (κ3) is 0. The summed E-state index contributed by atoms with van der Waals surface area (Å²) < 4.78 is 0. The highest BCUT2D eigenvalue weighted by Gasteiger charge is -0.0386. The first-order valence-corrected chi connectivity index (χ1v) is 0. The predicted molar refractivity (Wildman–Crippen MR) is 269 cm³/mol. The summed E-state index contributed by atoms with van der Waals surface area (Å²) >= 11 is 0. The van der Waals surface area contributed by atoms with E-state index < -0.39 is 0 Å². The Morgan fingerprint density at radius 1 is 0.0250 bits per heavy atom. The molecule has 0 aromatic carbocycles. The van der Waals surface area contributed by atoms with E-state index in [9.17, 15) is 0 Å². The van der Waals surface area contributed by atoms with Gasteiger partial charge in [0, 0.05) is 0 Å². The number of hydrogen-bond donors (Lipinski definition) is 0. The van der Waals surface area contributed by atoms with Crippen molar-refractivity contribution >= 4 is 0 Å². The molecular weight excluding hydrogens is 480 g/mol. The quantitative estimate of drug-likeness (QED) is 0.247. The van der Waals surface area contributed by atoms with E-state index >= 15 is 0 Å². The van der Waals surface area contributed by atoms with E-state index in [0.717, 1.165) is 0 Å². The highest BCUT2D eigenvalue weighted by molar-refractivity contribution is 2.54. The molecule has 0 nitrogen and oxygen atoms in total. The van der Waals surface area contributed by atoms with Crippen molar-refractivity contribution in [3.8, 4) is 0 Å². The molecule has 0 unspecified atom stereocenters. The van der Waals surface area contributed by atoms with Gasteiger partial charge in [-0.3, -0.25) is 0 Å². The van der Waals surface area contributed by atoms with E-state index in [0.29, 0.717) is 0 Å². The number of hydrogen-bond acceptors (Lipinski definition) is 0. The average molecular weight is 642 g/mol. The molecule has 0 radical (unpaired) electrons. The van der Waals surface area contributed by atoms with Gasteiger partial charge in [-0.2, -0.15) is 0 Å². The van der Waals surface area contributed by atoms with Crippen molar-refractivity contribution in [2.75, 3.05) is 0 Å². The Labute approximate surface area is 296 Å². The predicted octanol–water partition coefficient (Wildman–Crippen LogP) is 25.4. The molecule has 0 aliphatic carbocycles. The van der Waals surface area contributed by atoms with Crippen molar-refractivity contribution in [2.24, 2.45) is 0 Å². The Kier molecular flexibility index (Phi) is 0. The summed E-state index contributed by atoms with van der Waals surface area (Å²) in [7, 11) is 0. The van der Waals surface area contributed by atoms with Gasteiger partial charge >= 0.3 is 0 Å². The summed E-state index contributed by atoms with van der Waals surface area (Å²) in [4.78, 5) is 0. The van der Waals surface area contributed by atoms with Crippen molar-refractivity contribution in [1.82, 2.24) is 0 Å². The second-order valence-corrected chi connectivity index (χ2v) is 0. The molecule has 0 heteroatoms. The van der Waals surface area contributed by atoms with Crippen molar-refractivity contribution in [1.29, 1.82) is 0 Å². The summed E-state index contributed by atoms with van der Waals surface area (Å²) in [5.41, 5.74) is 0. The maximum absolute atomic E-state index is 0.